The number of amides is 1. The van der Waals surface area contributed by atoms with Gasteiger partial charge in [0.1, 0.15) is 0 Å². The third-order valence-corrected chi connectivity index (χ3v) is 6.29. The van der Waals surface area contributed by atoms with Gasteiger partial charge in [-0.15, -0.1) is 0 Å². The number of H-pyrrole nitrogens is 1. The summed E-state index contributed by atoms with van der Waals surface area (Å²) in [6.45, 7) is 1.50. The van der Waals surface area contributed by atoms with Gasteiger partial charge in [0.25, 0.3) is 5.91 Å². The highest BCUT2D eigenvalue weighted by molar-refractivity contribution is 7.91. The van der Waals surface area contributed by atoms with Crippen molar-refractivity contribution in [2.45, 2.75) is 25.5 Å². The predicted molar refractivity (Wildman–Crippen MR) is 93.0 cm³/mol. The fourth-order valence-electron chi connectivity index (χ4n) is 3.06. The van der Waals surface area contributed by atoms with E-state index in [0.717, 1.165) is 10.9 Å². The molecule has 0 radical (unpaired) electrons. The van der Waals surface area contributed by atoms with Crippen LogP contribution in [0.2, 0.25) is 0 Å². The Bertz CT molecular complexity index is 918. The maximum Gasteiger partial charge on any atom is 0.341 e. The molecule has 1 saturated heterocycles. The average molecular weight is 364 g/mol. The van der Waals surface area contributed by atoms with E-state index in [-0.39, 0.29) is 17.5 Å². The summed E-state index contributed by atoms with van der Waals surface area (Å²) in [5.41, 5.74) is 1.17. The van der Waals surface area contributed by atoms with Crippen molar-refractivity contribution in [2.24, 2.45) is 0 Å². The number of likely N-dealkylation sites (N-methyl/N-ethyl adjacent to an activating group) is 1. The molecule has 1 N–H and O–H groups in total. The van der Waals surface area contributed by atoms with Gasteiger partial charge in [-0.3, -0.25) is 4.79 Å². The van der Waals surface area contributed by atoms with E-state index in [1.807, 2.05) is 18.2 Å². The first-order valence-electron chi connectivity index (χ1n) is 8.03. The minimum absolute atomic E-state index is 0.0433. The standard InChI is InChI=1S/C17H20N2O5S/c1-11(16(20)19(2)12-7-8-25(22,23)10-12)24-17(21)14-9-18-15-6-4-3-5-13(14)15/h3-6,9,11-12,18H,7-8,10H2,1-2H3/t11-,12-/m0/s1. The molecule has 1 aliphatic heterocycles. The molecule has 1 amide bonds. The molecule has 2 aromatic rings. The number of benzene rings is 1. The molecular weight excluding hydrogens is 344 g/mol. The molecule has 0 bridgehead atoms. The Labute approximate surface area is 145 Å². The molecule has 8 heteroatoms. The number of aromatic amines is 1. The van der Waals surface area contributed by atoms with Gasteiger partial charge >= 0.3 is 5.97 Å². The number of ether oxygens (including phenoxy) is 1. The van der Waals surface area contributed by atoms with E-state index in [4.69, 9.17) is 4.74 Å². The van der Waals surface area contributed by atoms with Gasteiger partial charge < -0.3 is 14.6 Å². The Balaban J connectivity index is 1.68. The van der Waals surface area contributed by atoms with E-state index in [9.17, 15) is 18.0 Å². The first-order valence-corrected chi connectivity index (χ1v) is 9.85. The Morgan fingerprint density at radius 1 is 1.32 bits per heavy atom. The van der Waals surface area contributed by atoms with Crippen LogP contribution >= 0.6 is 0 Å². The number of para-hydroxylation sites is 1. The minimum Gasteiger partial charge on any atom is -0.449 e. The molecule has 0 unspecified atom stereocenters. The predicted octanol–water partition coefficient (Wildman–Crippen LogP) is 1.36. The Morgan fingerprint density at radius 2 is 2.04 bits per heavy atom. The molecule has 1 aromatic carbocycles. The topological polar surface area (TPSA) is 96.5 Å². The summed E-state index contributed by atoms with van der Waals surface area (Å²) in [6.07, 6.45) is 0.972. The smallest absolute Gasteiger partial charge is 0.341 e. The average Bonchev–Trinajstić information content (AvgIpc) is 3.16. The summed E-state index contributed by atoms with van der Waals surface area (Å²) < 4.78 is 28.4. The highest BCUT2D eigenvalue weighted by Gasteiger charge is 2.35. The van der Waals surface area contributed by atoms with E-state index in [1.54, 1.807) is 19.3 Å². The van der Waals surface area contributed by atoms with Crippen LogP contribution < -0.4 is 0 Å². The van der Waals surface area contributed by atoms with E-state index in [1.165, 1.54) is 11.8 Å². The van der Waals surface area contributed by atoms with E-state index in [0.29, 0.717) is 12.0 Å². The lowest BCUT2D eigenvalue weighted by atomic mass is 10.2. The molecule has 3 rings (SSSR count). The molecule has 2 atom stereocenters. The van der Waals surface area contributed by atoms with Crippen molar-refractivity contribution < 1.29 is 22.7 Å². The summed E-state index contributed by atoms with van der Waals surface area (Å²) in [5.74, 6) is -0.960. The van der Waals surface area contributed by atoms with E-state index in [2.05, 4.69) is 4.98 Å². The van der Waals surface area contributed by atoms with Gasteiger partial charge in [0.15, 0.2) is 15.9 Å². The first-order chi connectivity index (χ1) is 11.8. The first kappa shape index (κ1) is 17.5. The number of esters is 1. The Kier molecular flexibility index (Phi) is 4.55. The van der Waals surface area contributed by atoms with Gasteiger partial charge in [-0.1, -0.05) is 18.2 Å². The second kappa shape index (κ2) is 6.51. The molecule has 25 heavy (non-hydrogen) atoms. The summed E-state index contributed by atoms with van der Waals surface area (Å²) in [4.78, 5) is 29.2. The molecule has 0 aliphatic carbocycles. The molecule has 7 nitrogen and oxygen atoms in total. The summed E-state index contributed by atoms with van der Waals surface area (Å²) in [7, 11) is -1.54. The second-order valence-electron chi connectivity index (χ2n) is 6.30. The van der Waals surface area contributed by atoms with Crippen molar-refractivity contribution in [1.82, 2.24) is 9.88 Å². The van der Waals surface area contributed by atoms with Crippen molar-refractivity contribution in [2.75, 3.05) is 18.6 Å². The number of carbonyl (C=O) groups excluding carboxylic acids is 2. The molecule has 0 spiro atoms. The zero-order valence-corrected chi connectivity index (χ0v) is 14.9. The van der Waals surface area contributed by atoms with Crippen LogP contribution in [0.3, 0.4) is 0 Å². The van der Waals surface area contributed by atoms with Crippen LogP contribution in [0.4, 0.5) is 0 Å². The van der Waals surface area contributed by atoms with Gasteiger partial charge in [-0.05, 0) is 19.4 Å². The third kappa shape index (κ3) is 3.53. The molecule has 0 saturated carbocycles. The summed E-state index contributed by atoms with van der Waals surface area (Å²) in [6, 6.07) is 6.94. The molecule has 1 aromatic heterocycles. The molecular formula is C17H20N2O5S. The van der Waals surface area contributed by atoms with Crippen molar-refractivity contribution in [3.8, 4) is 0 Å². The molecule has 134 valence electrons. The number of nitrogens with one attached hydrogen (secondary N) is 1. The lowest BCUT2D eigenvalue weighted by molar-refractivity contribution is -0.140. The second-order valence-corrected chi connectivity index (χ2v) is 8.53. The van der Waals surface area contributed by atoms with Crippen LogP contribution in [0, 0.1) is 0 Å². The molecule has 1 aliphatic rings. The van der Waals surface area contributed by atoms with E-state index >= 15 is 0 Å². The third-order valence-electron chi connectivity index (χ3n) is 4.54. The van der Waals surface area contributed by atoms with Crippen LogP contribution in [0.5, 0.6) is 0 Å². The van der Waals surface area contributed by atoms with Crippen LogP contribution in [-0.4, -0.2) is 60.9 Å². The van der Waals surface area contributed by atoms with Crippen molar-refractivity contribution >= 4 is 32.6 Å². The molecule has 1 fully saturated rings. The fourth-order valence-corrected chi connectivity index (χ4v) is 4.84. The van der Waals surface area contributed by atoms with Crippen molar-refractivity contribution in [3.63, 3.8) is 0 Å². The number of fused-ring (bicyclic) bond motifs is 1. The van der Waals surface area contributed by atoms with Crippen molar-refractivity contribution in [3.05, 3.63) is 36.0 Å². The van der Waals surface area contributed by atoms with Gasteiger partial charge in [-0.2, -0.15) is 0 Å². The van der Waals surface area contributed by atoms with Crippen molar-refractivity contribution in [1.29, 1.82) is 0 Å². The molecule has 2 heterocycles. The van der Waals surface area contributed by atoms with E-state index < -0.39 is 27.8 Å². The number of sulfone groups is 1. The van der Waals surface area contributed by atoms with Crippen LogP contribution in [0.1, 0.15) is 23.7 Å². The number of hydrogen-bond donors (Lipinski definition) is 1. The van der Waals surface area contributed by atoms with Crippen LogP contribution in [0.15, 0.2) is 30.5 Å². The fraction of sp³-hybridized carbons (Fsp3) is 0.412. The summed E-state index contributed by atoms with van der Waals surface area (Å²) >= 11 is 0. The summed E-state index contributed by atoms with van der Waals surface area (Å²) in [5, 5.41) is 0.724. The minimum atomic E-state index is -3.09. The van der Waals surface area contributed by atoms with Gasteiger partial charge in [-0.25, -0.2) is 13.2 Å². The Morgan fingerprint density at radius 3 is 2.72 bits per heavy atom. The maximum atomic E-state index is 12.5. The largest absolute Gasteiger partial charge is 0.449 e. The number of nitrogens with zero attached hydrogens (tertiary/aromatic N) is 1. The zero-order chi connectivity index (χ0) is 18.2. The van der Waals surface area contributed by atoms with Gasteiger partial charge in [0.2, 0.25) is 0 Å². The number of hydrogen-bond acceptors (Lipinski definition) is 5. The van der Waals surface area contributed by atoms with Crippen LogP contribution in [0.25, 0.3) is 10.9 Å². The monoisotopic (exact) mass is 364 g/mol. The lowest BCUT2D eigenvalue weighted by Crippen LogP contribution is -2.44. The number of carbonyl (C=O) groups is 2. The lowest BCUT2D eigenvalue weighted by Gasteiger charge is -2.26. The van der Waals surface area contributed by atoms with Gasteiger partial charge in [0, 0.05) is 30.2 Å². The zero-order valence-electron chi connectivity index (χ0n) is 14.1. The number of rotatable bonds is 4. The number of aromatic nitrogens is 1. The van der Waals surface area contributed by atoms with Gasteiger partial charge in [0.05, 0.1) is 17.1 Å². The highest BCUT2D eigenvalue weighted by atomic mass is 32.2. The maximum absolute atomic E-state index is 12.5. The SMILES string of the molecule is C[C@H](OC(=O)c1c[nH]c2ccccc12)C(=O)N(C)[C@H]1CCS(=O)(=O)C1. The highest BCUT2D eigenvalue weighted by Crippen LogP contribution is 2.20. The quantitative estimate of drug-likeness (QED) is 0.826. The Hall–Kier alpha value is -2.35. The van der Waals surface area contributed by atoms with Crippen LogP contribution in [-0.2, 0) is 19.4 Å². The normalized spacial score (nSPS) is 20.3.